The van der Waals surface area contributed by atoms with Gasteiger partial charge in [0.2, 0.25) is 0 Å². The van der Waals surface area contributed by atoms with Gasteiger partial charge in [-0.2, -0.15) is 0 Å². The van der Waals surface area contributed by atoms with Crippen LogP contribution in [0.4, 0.5) is 13.9 Å². The van der Waals surface area contributed by atoms with Crippen LogP contribution in [0.3, 0.4) is 0 Å². The minimum absolute atomic E-state index is 0.0102. The van der Waals surface area contributed by atoms with E-state index in [1.165, 1.54) is 17.4 Å². The zero-order valence-electron chi connectivity index (χ0n) is 13.8. The molecule has 8 heteroatoms. The van der Waals surface area contributed by atoms with Crippen molar-refractivity contribution in [1.82, 2.24) is 10.1 Å². The number of aryl methyl sites for hydroxylation is 1. The molecule has 130 valence electrons. The highest BCUT2D eigenvalue weighted by Crippen LogP contribution is 2.28. The lowest BCUT2D eigenvalue weighted by molar-refractivity contribution is 0.102. The second-order valence-corrected chi connectivity index (χ2v) is 6.64. The highest BCUT2D eigenvalue weighted by atomic mass is 32.1. The van der Waals surface area contributed by atoms with Crippen molar-refractivity contribution < 1.29 is 18.1 Å². The van der Waals surface area contributed by atoms with Gasteiger partial charge in [0, 0.05) is 16.9 Å². The summed E-state index contributed by atoms with van der Waals surface area (Å²) >= 11 is 1.19. The Bertz CT molecular complexity index is 934. The number of rotatable bonds is 4. The Morgan fingerprint density at radius 2 is 2.04 bits per heavy atom. The maximum Gasteiger partial charge on any atom is 0.262 e. The van der Waals surface area contributed by atoms with E-state index >= 15 is 0 Å². The molecule has 0 bridgehead atoms. The largest absolute Gasteiger partial charge is 0.360 e. The second-order valence-electron chi connectivity index (χ2n) is 5.78. The van der Waals surface area contributed by atoms with Gasteiger partial charge in [0.05, 0.1) is 11.4 Å². The van der Waals surface area contributed by atoms with Gasteiger partial charge in [-0.25, -0.2) is 13.8 Å². The SMILES string of the molecule is Cc1noc(C(C)C)c1C(=O)Nc1nc(-c2ccc(F)c(F)c2)cs1. The van der Waals surface area contributed by atoms with Gasteiger partial charge >= 0.3 is 0 Å². The van der Waals surface area contributed by atoms with E-state index in [9.17, 15) is 13.6 Å². The van der Waals surface area contributed by atoms with Crippen LogP contribution in [0.1, 0.15) is 41.6 Å². The van der Waals surface area contributed by atoms with Crippen LogP contribution in [0, 0.1) is 18.6 Å². The number of benzene rings is 1. The second kappa shape index (κ2) is 6.72. The molecule has 1 aromatic carbocycles. The van der Waals surface area contributed by atoms with Crippen molar-refractivity contribution in [2.24, 2.45) is 0 Å². The fourth-order valence-electron chi connectivity index (χ4n) is 2.34. The Morgan fingerprint density at radius 3 is 2.72 bits per heavy atom. The van der Waals surface area contributed by atoms with Gasteiger partial charge in [0.15, 0.2) is 22.5 Å². The predicted octanol–water partition coefficient (Wildman–Crippen LogP) is 4.76. The van der Waals surface area contributed by atoms with Gasteiger partial charge in [0.1, 0.15) is 5.56 Å². The number of hydrogen-bond donors (Lipinski definition) is 1. The molecule has 5 nitrogen and oxygen atoms in total. The molecule has 25 heavy (non-hydrogen) atoms. The number of carbonyl (C=O) groups excluding carboxylic acids is 1. The number of amides is 1. The lowest BCUT2D eigenvalue weighted by Crippen LogP contribution is -2.14. The topological polar surface area (TPSA) is 68.0 Å². The first-order valence-electron chi connectivity index (χ1n) is 7.55. The maximum atomic E-state index is 13.3. The normalized spacial score (nSPS) is 11.1. The lowest BCUT2D eigenvalue weighted by Gasteiger charge is -2.04. The van der Waals surface area contributed by atoms with E-state index in [1.54, 1.807) is 12.3 Å². The third-order valence-corrected chi connectivity index (χ3v) is 4.34. The summed E-state index contributed by atoms with van der Waals surface area (Å²) in [6.45, 7) is 5.50. The summed E-state index contributed by atoms with van der Waals surface area (Å²) in [4.78, 5) is 16.8. The zero-order chi connectivity index (χ0) is 18.1. The molecule has 1 N–H and O–H groups in total. The van der Waals surface area contributed by atoms with Crippen LogP contribution in [0.2, 0.25) is 0 Å². The summed E-state index contributed by atoms with van der Waals surface area (Å²) in [5.74, 6) is -1.72. The number of carbonyl (C=O) groups is 1. The van der Waals surface area contributed by atoms with Crippen molar-refractivity contribution in [3.63, 3.8) is 0 Å². The third kappa shape index (κ3) is 3.43. The first kappa shape index (κ1) is 17.2. The van der Waals surface area contributed by atoms with E-state index in [-0.39, 0.29) is 11.8 Å². The molecule has 1 amide bonds. The van der Waals surface area contributed by atoms with Crippen molar-refractivity contribution in [2.75, 3.05) is 5.32 Å². The summed E-state index contributed by atoms with van der Waals surface area (Å²) in [5, 5.41) is 8.54. The standard InChI is InChI=1S/C17H15F2N3O2S/c1-8(2)15-14(9(3)22-24-15)16(23)21-17-20-13(7-25-17)10-4-5-11(18)12(19)6-10/h4-8H,1-3H3,(H,20,21,23). The smallest absolute Gasteiger partial charge is 0.262 e. The van der Waals surface area contributed by atoms with Crippen molar-refractivity contribution in [1.29, 1.82) is 0 Å². The van der Waals surface area contributed by atoms with Crippen LogP contribution >= 0.6 is 11.3 Å². The third-order valence-electron chi connectivity index (χ3n) is 3.58. The average molecular weight is 363 g/mol. The molecule has 2 aromatic heterocycles. The Labute approximate surface area is 146 Å². The highest BCUT2D eigenvalue weighted by Gasteiger charge is 2.23. The number of nitrogens with zero attached hydrogens (tertiary/aromatic N) is 2. The van der Waals surface area contributed by atoms with Gasteiger partial charge in [-0.3, -0.25) is 10.1 Å². The number of aromatic nitrogens is 2. The average Bonchev–Trinajstić information content (AvgIpc) is 3.16. The Kier molecular flexibility index (Phi) is 4.63. The Hall–Kier alpha value is -2.61. The van der Waals surface area contributed by atoms with Gasteiger partial charge in [0.25, 0.3) is 5.91 Å². The first-order valence-corrected chi connectivity index (χ1v) is 8.43. The monoisotopic (exact) mass is 363 g/mol. The molecule has 0 fully saturated rings. The molecule has 3 rings (SSSR count). The predicted molar refractivity (Wildman–Crippen MR) is 90.7 cm³/mol. The van der Waals surface area contributed by atoms with Gasteiger partial charge in [-0.15, -0.1) is 11.3 Å². The van der Waals surface area contributed by atoms with E-state index in [1.807, 2.05) is 13.8 Å². The molecule has 0 atom stereocenters. The van der Waals surface area contributed by atoms with Crippen LogP contribution in [0.15, 0.2) is 28.1 Å². The number of halogens is 2. The fraction of sp³-hybridized carbons (Fsp3) is 0.235. The fourth-order valence-corrected chi connectivity index (χ4v) is 3.05. The Morgan fingerprint density at radius 1 is 1.28 bits per heavy atom. The lowest BCUT2D eigenvalue weighted by atomic mass is 10.0. The summed E-state index contributed by atoms with van der Waals surface area (Å²) in [5.41, 5.74) is 1.77. The van der Waals surface area contributed by atoms with Crippen LogP contribution in [0.5, 0.6) is 0 Å². The zero-order valence-corrected chi connectivity index (χ0v) is 14.6. The maximum absolute atomic E-state index is 13.3. The molecule has 0 saturated heterocycles. The van der Waals surface area contributed by atoms with Crippen LogP contribution < -0.4 is 5.32 Å². The quantitative estimate of drug-likeness (QED) is 0.726. The molecule has 0 spiro atoms. The molecule has 0 saturated carbocycles. The van der Waals surface area contributed by atoms with E-state index in [4.69, 9.17) is 4.52 Å². The molecule has 3 aromatic rings. The molecular weight excluding hydrogens is 348 g/mol. The molecule has 0 aliphatic carbocycles. The van der Waals surface area contributed by atoms with E-state index < -0.39 is 11.6 Å². The molecule has 0 aliphatic heterocycles. The minimum Gasteiger partial charge on any atom is -0.360 e. The summed E-state index contributed by atoms with van der Waals surface area (Å²) < 4.78 is 31.6. The van der Waals surface area contributed by atoms with Crippen molar-refractivity contribution in [2.45, 2.75) is 26.7 Å². The van der Waals surface area contributed by atoms with E-state index in [0.717, 1.165) is 12.1 Å². The van der Waals surface area contributed by atoms with Crippen LogP contribution in [0.25, 0.3) is 11.3 Å². The number of thiazole rings is 1. The molecule has 0 aliphatic rings. The minimum atomic E-state index is -0.947. The van der Waals surface area contributed by atoms with Gasteiger partial charge in [-0.1, -0.05) is 19.0 Å². The van der Waals surface area contributed by atoms with Crippen molar-refractivity contribution in [3.05, 3.63) is 52.2 Å². The molecule has 0 unspecified atom stereocenters. The molecular formula is C17H15F2N3O2S. The summed E-state index contributed by atoms with van der Waals surface area (Å²) in [6.07, 6.45) is 0. The summed E-state index contributed by atoms with van der Waals surface area (Å²) in [6, 6.07) is 3.54. The Balaban J connectivity index is 1.83. The number of nitrogens with one attached hydrogen (secondary N) is 1. The van der Waals surface area contributed by atoms with E-state index in [2.05, 4.69) is 15.5 Å². The van der Waals surface area contributed by atoms with Gasteiger partial charge < -0.3 is 4.52 Å². The molecule has 2 heterocycles. The van der Waals surface area contributed by atoms with Crippen LogP contribution in [-0.2, 0) is 0 Å². The van der Waals surface area contributed by atoms with Gasteiger partial charge in [-0.05, 0) is 25.1 Å². The summed E-state index contributed by atoms with van der Waals surface area (Å²) in [7, 11) is 0. The first-order chi connectivity index (χ1) is 11.9. The molecule has 0 radical (unpaired) electrons. The highest BCUT2D eigenvalue weighted by molar-refractivity contribution is 7.14. The number of anilines is 1. The van der Waals surface area contributed by atoms with Crippen molar-refractivity contribution >= 4 is 22.4 Å². The van der Waals surface area contributed by atoms with Crippen LogP contribution in [-0.4, -0.2) is 16.0 Å². The van der Waals surface area contributed by atoms with E-state index in [0.29, 0.717) is 33.4 Å². The van der Waals surface area contributed by atoms with Crippen molar-refractivity contribution in [3.8, 4) is 11.3 Å². The number of hydrogen-bond acceptors (Lipinski definition) is 5.